The van der Waals surface area contributed by atoms with Crippen LogP contribution in [0.1, 0.15) is 11.1 Å². The summed E-state index contributed by atoms with van der Waals surface area (Å²) in [4.78, 5) is 13.8. The van der Waals surface area contributed by atoms with Gasteiger partial charge < -0.3 is 15.3 Å². The molecule has 0 aliphatic carbocycles. The molecule has 2 N–H and O–H groups in total. The van der Waals surface area contributed by atoms with Crippen molar-refractivity contribution in [3.8, 4) is 0 Å². The third kappa shape index (κ3) is 5.71. The van der Waals surface area contributed by atoms with Gasteiger partial charge in [-0.15, -0.1) is 0 Å². The van der Waals surface area contributed by atoms with Crippen LogP contribution >= 0.6 is 0 Å². The van der Waals surface area contributed by atoms with Gasteiger partial charge in [0, 0.05) is 19.6 Å². The highest BCUT2D eigenvalue weighted by molar-refractivity contribution is 5.74. The topological polar surface area (TPSA) is 52.6 Å². The molecule has 0 heterocycles. The first-order valence-electron chi connectivity index (χ1n) is 7.61. The van der Waals surface area contributed by atoms with Crippen LogP contribution in [-0.4, -0.2) is 35.7 Å². The van der Waals surface area contributed by atoms with Gasteiger partial charge in [0.2, 0.25) is 0 Å². The number of nitrogens with one attached hydrogen (secondary N) is 1. The van der Waals surface area contributed by atoms with Gasteiger partial charge in [0.1, 0.15) is 5.82 Å². The molecule has 0 aromatic heterocycles. The number of aliphatic hydroxyl groups excluding tert-OH is 1. The van der Waals surface area contributed by atoms with Crippen LogP contribution in [0.15, 0.2) is 54.6 Å². The first-order chi connectivity index (χ1) is 11.2. The maximum atomic E-state index is 12.8. The van der Waals surface area contributed by atoms with Gasteiger partial charge in [-0.1, -0.05) is 42.5 Å². The molecule has 122 valence electrons. The van der Waals surface area contributed by atoms with Crippen LogP contribution in [0.3, 0.4) is 0 Å². The SMILES string of the molecule is O=C(NCCc1ccc(F)cc1)N(CCO)Cc1ccccc1. The Labute approximate surface area is 135 Å². The molecule has 0 radical (unpaired) electrons. The minimum Gasteiger partial charge on any atom is -0.395 e. The summed E-state index contributed by atoms with van der Waals surface area (Å²) in [7, 11) is 0. The van der Waals surface area contributed by atoms with E-state index in [-0.39, 0.29) is 25.0 Å². The zero-order valence-electron chi connectivity index (χ0n) is 12.9. The fraction of sp³-hybridized carbons (Fsp3) is 0.278. The number of amides is 2. The average Bonchev–Trinajstić information content (AvgIpc) is 2.57. The number of carbonyl (C=O) groups is 1. The minimum absolute atomic E-state index is 0.0851. The van der Waals surface area contributed by atoms with E-state index in [4.69, 9.17) is 5.11 Å². The molecule has 23 heavy (non-hydrogen) atoms. The molecule has 2 aromatic rings. The molecule has 0 atom stereocenters. The van der Waals surface area contributed by atoms with E-state index in [2.05, 4.69) is 5.32 Å². The van der Waals surface area contributed by atoms with Gasteiger partial charge in [-0.2, -0.15) is 0 Å². The van der Waals surface area contributed by atoms with Gasteiger partial charge in [0.15, 0.2) is 0 Å². The van der Waals surface area contributed by atoms with Crippen molar-refractivity contribution in [1.82, 2.24) is 10.2 Å². The van der Waals surface area contributed by atoms with Gasteiger partial charge in [-0.25, -0.2) is 9.18 Å². The third-order valence-corrected chi connectivity index (χ3v) is 3.48. The third-order valence-electron chi connectivity index (χ3n) is 3.48. The normalized spacial score (nSPS) is 10.3. The Morgan fingerprint density at radius 2 is 1.74 bits per heavy atom. The van der Waals surface area contributed by atoms with Crippen LogP contribution in [0.4, 0.5) is 9.18 Å². The monoisotopic (exact) mass is 316 g/mol. The molecule has 4 nitrogen and oxygen atoms in total. The number of hydrogen-bond acceptors (Lipinski definition) is 2. The second-order valence-corrected chi connectivity index (χ2v) is 5.24. The summed E-state index contributed by atoms with van der Waals surface area (Å²) < 4.78 is 12.8. The van der Waals surface area contributed by atoms with E-state index in [0.717, 1.165) is 11.1 Å². The number of hydrogen-bond donors (Lipinski definition) is 2. The van der Waals surface area contributed by atoms with Crippen molar-refractivity contribution >= 4 is 6.03 Å². The number of benzene rings is 2. The summed E-state index contributed by atoms with van der Waals surface area (Å²) in [6.45, 7) is 1.10. The summed E-state index contributed by atoms with van der Waals surface area (Å²) in [5.74, 6) is -0.269. The average molecular weight is 316 g/mol. The Morgan fingerprint density at radius 3 is 2.39 bits per heavy atom. The largest absolute Gasteiger partial charge is 0.395 e. The predicted molar refractivity (Wildman–Crippen MR) is 87.4 cm³/mol. The molecule has 0 saturated carbocycles. The lowest BCUT2D eigenvalue weighted by Gasteiger charge is -2.22. The Balaban J connectivity index is 1.84. The number of urea groups is 1. The van der Waals surface area contributed by atoms with E-state index in [0.29, 0.717) is 19.5 Å². The molecular weight excluding hydrogens is 295 g/mol. The lowest BCUT2D eigenvalue weighted by molar-refractivity contribution is 0.174. The Bertz CT molecular complexity index is 602. The Kier molecular flexibility index (Phi) is 6.56. The molecule has 0 spiro atoms. The van der Waals surface area contributed by atoms with Gasteiger partial charge >= 0.3 is 6.03 Å². The summed E-state index contributed by atoms with van der Waals surface area (Å²) in [5.41, 5.74) is 1.97. The predicted octanol–water partition coefficient (Wildman–Crippen LogP) is 2.57. The molecule has 0 unspecified atom stereocenters. The van der Waals surface area contributed by atoms with Crippen molar-refractivity contribution in [2.24, 2.45) is 0 Å². The molecule has 0 bridgehead atoms. The van der Waals surface area contributed by atoms with Crippen LogP contribution in [-0.2, 0) is 13.0 Å². The minimum atomic E-state index is -0.269. The molecule has 0 aliphatic rings. The van der Waals surface area contributed by atoms with Crippen LogP contribution in [0.5, 0.6) is 0 Å². The van der Waals surface area contributed by atoms with Crippen LogP contribution < -0.4 is 5.32 Å². The van der Waals surface area contributed by atoms with Gasteiger partial charge in [-0.3, -0.25) is 0 Å². The standard InChI is InChI=1S/C18H21FN2O2/c19-17-8-6-15(7-9-17)10-11-20-18(23)21(12-13-22)14-16-4-2-1-3-5-16/h1-9,22H,10-14H2,(H,20,23). The molecule has 0 saturated heterocycles. The van der Waals surface area contributed by atoms with Crippen LogP contribution in [0.25, 0.3) is 0 Å². The maximum Gasteiger partial charge on any atom is 0.317 e. The highest BCUT2D eigenvalue weighted by atomic mass is 19.1. The summed E-state index contributed by atoms with van der Waals surface area (Å²) >= 11 is 0. The highest BCUT2D eigenvalue weighted by Crippen LogP contribution is 2.05. The Hall–Kier alpha value is -2.40. The van der Waals surface area contributed by atoms with E-state index >= 15 is 0 Å². The summed E-state index contributed by atoms with van der Waals surface area (Å²) in [6, 6.07) is 15.6. The molecule has 0 aliphatic heterocycles. The molecule has 5 heteroatoms. The van der Waals surface area contributed by atoms with Crippen molar-refractivity contribution < 1.29 is 14.3 Å². The van der Waals surface area contributed by atoms with Gasteiger partial charge in [-0.05, 0) is 29.7 Å². The highest BCUT2D eigenvalue weighted by Gasteiger charge is 2.12. The van der Waals surface area contributed by atoms with E-state index in [1.54, 1.807) is 17.0 Å². The van der Waals surface area contributed by atoms with E-state index < -0.39 is 0 Å². The van der Waals surface area contributed by atoms with Crippen molar-refractivity contribution in [2.75, 3.05) is 19.7 Å². The number of nitrogens with zero attached hydrogens (tertiary/aromatic N) is 1. The number of carbonyl (C=O) groups excluding carboxylic acids is 1. The molecule has 0 fully saturated rings. The van der Waals surface area contributed by atoms with E-state index in [1.165, 1.54) is 12.1 Å². The van der Waals surface area contributed by atoms with Crippen molar-refractivity contribution in [3.63, 3.8) is 0 Å². The van der Waals surface area contributed by atoms with E-state index in [9.17, 15) is 9.18 Å². The maximum absolute atomic E-state index is 12.8. The van der Waals surface area contributed by atoms with Crippen LogP contribution in [0, 0.1) is 5.82 Å². The van der Waals surface area contributed by atoms with Crippen LogP contribution in [0.2, 0.25) is 0 Å². The first-order valence-corrected chi connectivity index (χ1v) is 7.61. The number of aliphatic hydroxyl groups is 1. The lowest BCUT2D eigenvalue weighted by atomic mass is 10.1. The number of halogens is 1. The second-order valence-electron chi connectivity index (χ2n) is 5.24. The van der Waals surface area contributed by atoms with Crippen molar-refractivity contribution in [2.45, 2.75) is 13.0 Å². The molecular formula is C18H21FN2O2. The molecule has 2 amide bonds. The lowest BCUT2D eigenvalue weighted by Crippen LogP contribution is -2.41. The fourth-order valence-corrected chi connectivity index (χ4v) is 2.25. The molecule has 2 rings (SSSR count). The zero-order valence-corrected chi connectivity index (χ0v) is 12.9. The number of rotatable bonds is 7. The quantitative estimate of drug-likeness (QED) is 0.825. The summed E-state index contributed by atoms with van der Waals surface area (Å²) in [5, 5.41) is 12.0. The molecule has 2 aromatic carbocycles. The Morgan fingerprint density at radius 1 is 1.04 bits per heavy atom. The first kappa shape index (κ1) is 17.0. The van der Waals surface area contributed by atoms with Gasteiger partial charge in [0.25, 0.3) is 0 Å². The van der Waals surface area contributed by atoms with Crippen molar-refractivity contribution in [1.29, 1.82) is 0 Å². The van der Waals surface area contributed by atoms with E-state index in [1.807, 2.05) is 30.3 Å². The smallest absolute Gasteiger partial charge is 0.317 e. The zero-order chi connectivity index (χ0) is 16.5. The van der Waals surface area contributed by atoms with Gasteiger partial charge in [0.05, 0.1) is 6.61 Å². The second kappa shape index (κ2) is 8.90. The summed E-state index contributed by atoms with van der Waals surface area (Å²) in [6.07, 6.45) is 0.629. The fourth-order valence-electron chi connectivity index (χ4n) is 2.25. The van der Waals surface area contributed by atoms with Crippen molar-refractivity contribution in [3.05, 3.63) is 71.5 Å².